The molecule has 18 heavy (non-hydrogen) atoms. The smallest absolute Gasteiger partial charge is 0.237 e. The molecule has 0 bridgehead atoms. The SMILES string of the molecule is O=C(CS(=O)(=O)C1CCCNC1)N1CCOCC1. The molecule has 0 aromatic rings. The van der Waals surface area contributed by atoms with Crippen molar-refractivity contribution >= 4 is 15.7 Å². The summed E-state index contributed by atoms with van der Waals surface area (Å²) in [5, 5.41) is 2.66. The number of nitrogens with one attached hydrogen (secondary N) is 1. The molecule has 1 unspecified atom stereocenters. The summed E-state index contributed by atoms with van der Waals surface area (Å²) in [6.45, 7) is 3.32. The van der Waals surface area contributed by atoms with Crippen LogP contribution in [0, 0.1) is 0 Å². The van der Waals surface area contributed by atoms with Crippen molar-refractivity contribution in [2.24, 2.45) is 0 Å². The fourth-order valence-electron chi connectivity index (χ4n) is 2.32. The molecule has 104 valence electrons. The Morgan fingerprint density at radius 2 is 2.06 bits per heavy atom. The Labute approximate surface area is 108 Å². The lowest BCUT2D eigenvalue weighted by molar-refractivity contribution is -0.132. The highest BCUT2D eigenvalue weighted by molar-refractivity contribution is 7.92. The van der Waals surface area contributed by atoms with Gasteiger partial charge >= 0.3 is 0 Å². The average molecular weight is 276 g/mol. The third-order valence-electron chi connectivity index (χ3n) is 3.45. The molecular formula is C11H20N2O4S. The molecule has 7 heteroatoms. The lowest BCUT2D eigenvalue weighted by Crippen LogP contribution is -2.46. The van der Waals surface area contributed by atoms with E-state index in [4.69, 9.17) is 4.74 Å². The molecule has 2 fully saturated rings. The highest BCUT2D eigenvalue weighted by Crippen LogP contribution is 2.13. The van der Waals surface area contributed by atoms with Crippen LogP contribution < -0.4 is 5.32 Å². The molecule has 2 rings (SSSR count). The third kappa shape index (κ3) is 3.43. The second-order valence-electron chi connectivity index (χ2n) is 4.77. The molecule has 1 amide bonds. The van der Waals surface area contributed by atoms with Gasteiger partial charge in [0.25, 0.3) is 0 Å². The van der Waals surface area contributed by atoms with Gasteiger partial charge in [-0.2, -0.15) is 0 Å². The maximum atomic E-state index is 12.1. The van der Waals surface area contributed by atoms with E-state index in [9.17, 15) is 13.2 Å². The van der Waals surface area contributed by atoms with Gasteiger partial charge in [-0.25, -0.2) is 8.42 Å². The van der Waals surface area contributed by atoms with Crippen molar-refractivity contribution in [2.75, 3.05) is 45.1 Å². The van der Waals surface area contributed by atoms with Crippen LogP contribution >= 0.6 is 0 Å². The summed E-state index contributed by atoms with van der Waals surface area (Å²) in [6, 6.07) is 0. The van der Waals surface area contributed by atoms with Crippen molar-refractivity contribution in [1.82, 2.24) is 10.2 Å². The van der Waals surface area contributed by atoms with Gasteiger partial charge in [0.1, 0.15) is 5.75 Å². The van der Waals surface area contributed by atoms with E-state index < -0.39 is 15.1 Å². The highest BCUT2D eigenvalue weighted by atomic mass is 32.2. The second-order valence-corrected chi connectivity index (χ2v) is 7.05. The van der Waals surface area contributed by atoms with E-state index in [1.807, 2.05) is 0 Å². The molecule has 2 aliphatic heterocycles. The minimum Gasteiger partial charge on any atom is -0.378 e. The van der Waals surface area contributed by atoms with Crippen LogP contribution in [0.4, 0.5) is 0 Å². The lowest BCUT2D eigenvalue weighted by atomic mass is 10.2. The first-order valence-electron chi connectivity index (χ1n) is 6.37. The number of sulfone groups is 1. The first kappa shape index (κ1) is 13.8. The van der Waals surface area contributed by atoms with Crippen LogP contribution in [0.5, 0.6) is 0 Å². The van der Waals surface area contributed by atoms with Crippen LogP contribution in [0.2, 0.25) is 0 Å². The largest absolute Gasteiger partial charge is 0.378 e. The van der Waals surface area contributed by atoms with Crippen molar-refractivity contribution in [3.8, 4) is 0 Å². The van der Waals surface area contributed by atoms with Crippen LogP contribution in [0.15, 0.2) is 0 Å². The minimum atomic E-state index is -3.33. The number of amides is 1. The number of rotatable bonds is 3. The molecule has 0 saturated carbocycles. The van der Waals surface area contributed by atoms with Gasteiger partial charge < -0.3 is 15.0 Å². The maximum absolute atomic E-state index is 12.1. The molecule has 0 aliphatic carbocycles. The molecule has 0 aromatic carbocycles. The van der Waals surface area contributed by atoms with E-state index in [1.165, 1.54) is 0 Å². The molecule has 0 radical (unpaired) electrons. The molecule has 1 atom stereocenters. The average Bonchev–Trinajstić information content (AvgIpc) is 2.40. The van der Waals surface area contributed by atoms with Gasteiger partial charge in [-0.15, -0.1) is 0 Å². The fraction of sp³-hybridized carbons (Fsp3) is 0.909. The van der Waals surface area contributed by atoms with Gasteiger partial charge in [-0.1, -0.05) is 0 Å². The first-order chi connectivity index (χ1) is 8.59. The van der Waals surface area contributed by atoms with Gasteiger partial charge in [-0.3, -0.25) is 4.79 Å². The van der Waals surface area contributed by atoms with Crippen LogP contribution in [0.3, 0.4) is 0 Å². The number of carbonyl (C=O) groups is 1. The number of morpholine rings is 1. The van der Waals surface area contributed by atoms with E-state index in [0.717, 1.165) is 13.0 Å². The summed E-state index contributed by atoms with van der Waals surface area (Å²) in [4.78, 5) is 13.5. The molecule has 2 saturated heterocycles. The monoisotopic (exact) mass is 276 g/mol. The van der Waals surface area contributed by atoms with Gasteiger partial charge in [0.05, 0.1) is 18.5 Å². The zero-order valence-electron chi connectivity index (χ0n) is 10.4. The molecule has 0 spiro atoms. The quantitative estimate of drug-likeness (QED) is 0.716. The Kier molecular flexibility index (Phi) is 4.58. The number of hydrogen-bond donors (Lipinski definition) is 1. The van der Waals surface area contributed by atoms with Crippen LogP contribution in [0.25, 0.3) is 0 Å². The van der Waals surface area contributed by atoms with Gasteiger partial charge in [0.2, 0.25) is 5.91 Å². The Morgan fingerprint density at radius 1 is 1.33 bits per heavy atom. The standard InChI is InChI=1S/C11H20N2O4S/c14-11(13-4-6-17-7-5-13)9-18(15,16)10-2-1-3-12-8-10/h10,12H,1-9H2. The Morgan fingerprint density at radius 3 is 2.67 bits per heavy atom. The van der Waals surface area contributed by atoms with E-state index in [2.05, 4.69) is 5.32 Å². The summed E-state index contributed by atoms with van der Waals surface area (Å²) in [7, 11) is -3.33. The van der Waals surface area contributed by atoms with E-state index in [1.54, 1.807) is 4.90 Å². The number of piperidine rings is 1. The third-order valence-corrected chi connectivity index (χ3v) is 5.52. The van der Waals surface area contributed by atoms with Crippen molar-refractivity contribution < 1.29 is 17.9 Å². The zero-order valence-corrected chi connectivity index (χ0v) is 11.2. The number of nitrogens with zero attached hydrogens (tertiary/aromatic N) is 1. The van der Waals surface area contributed by atoms with Crippen molar-refractivity contribution in [2.45, 2.75) is 18.1 Å². The minimum absolute atomic E-state index is 0.288. The molecule has 0 aromatic heterocycles. The fourth-order valence-corrected chi connectivity index (χ4v) is 3.98. The van der Waals surface area contributed by atoms with Crippen LogP contribution in [0.1, 0.15) is 12.8 Å². The van der Waals surface area contributed by atoms with Gasteiger partial charge in [0, 0.05) is 19.6 Å². The number of ether oxygens (including phenoxy) is 1. The van der Waals surface area contributed by atoms with E-state index >= 15 is 0 Å². The normalized spacial score (nSPS) is 26.0. The van der Waals surface area contributed by atoms with E-state index in [-0.39, 0.29) is 11.7 Å². The lowest BCUT2D eigenvalue weighted by Gasteiger charge is -2.28. The topological polar surface area (TPSA) is 75.7 Å². The summed E-state index contributed by atoms with van der Waals surface area (Å²) < 4.78 is 29.4. The van der Waals surface area contributed by atoms with Crippen LogP contribution in [-0.2, 0) is 19.4 Å². The predicted molar refractivity (Wildman–Crippen MR) is 67.1 cm³/mol. The Bertz CT molecular complexity index is 384. The second kappa shape index (κ2) is 5.99. The summed E-state index contributed by atoms with van der Waals surface area (Å²) in [5.41, 5.74) is 0. The van der Waals surface area contributed by atoms with Crippen molar-refractivity contribution in [3.05, 3.63) is 0 Å². The van der Waals surface area contributed by atoms with Gasteiger partial charge in [0.15, 0.2) is 9.84 Å². The van der Waals surface area contributed by atoms with Crippen LogP contribution in [-0.4, -0.2) is 69.6 Å². The van der Waals surface area contributed by atoms with Crippen molar-refractivity contribution in [3.63, 3.8) is 0 Å². The number of carbonyl (C=O) groups excluding carboxylic acids is 1. The maximum Gasteiger partial charge on any atom is 0.237 e. The Hall–Kier alpha value is -0.660. The Balaban J connectivity index is 1.92. The first-order valence-corrected chi connectivity index (χ1v) is 8.09. The molecule has 6 nitrogen and oxygen atoms in total. The number of hydrogen-bond acceptors (Lipinski definition) is 5. The summed E-state index contributed by atoms with van der Waals surface area (Å²) in [6.07, 6.45) is 1.52. The van der Waals surface area contributed by atoms with Crippen molar-refractivity contribution in [1.29, 1.82) is 0 Å². The summed E-state index contributed by atoms with van der Waals surface area (Å²) >= 11 is 0. The molecule has 2 heterocycles. The zero-order chi connectivity index (χ0) is 13.0. The summed E-state index contributed by atoms with van der Waals surface area (Å²) in [5.74, 6) is -0.650. The highest BCUT2D eigenvalue weighted by Gasteiger charge is 2.31. The molecule has 2 aliphatic rings. The molecule has 1 N–H and O–H groups in total. The predicted octanol–water partition coefficient (Wildman–Crippen LogP) is -0.988. The van der Waals surface area contributed by atoms with Gasteiger partial charge in [-0.05, 0) is 19.4 Å². The van der Waals surface area contributed by atoms with E-state index in [0.29, 0.717) is 39.3 Å². The molecular weight excluding hydrogens is 256 g/mol.